The normalized spacial score (nSPS) is 10.1. The van der Waals surface area contributed by atoms with Crippen molar-refractivity contribution < 1.29 is 0 Å². The monoisotopic (exact) mass is 291 g/mol. The van der Waals surface area contributed by atoms with Gasteiger partial charge in [0, 0.05) is 14.1 Å². The number of hydrogen-bond acceptors (Lipinski definition) is 3. The van der Waals surface area contributed by atoms with Gasteiger partial charge in [-0.25, -0.2) is 4.98 Å². The van der Waals surface area contributed by atoms with Crippen molar-refractivity contribution in [3.05, 3.63) is 47.1 Å². The Hall–Kier alpha value is -1.55. The molecule has 2 rings (SSSR count). The Labute approximate surface area is 110 Å². The summed E-state index contributed by atoms with van der Waals surface area (Å²) >= 11 is 3.36. The molecule has 1 aromatic carbocycles. The van der Waals surface area contributed by atoms with E-state index in [0.29, 0.717) is 0 Å². The molecule has 88 valence electrons. The molecule has 1 N–H and O–H groups in total. The number of nitrogens with one attached hydrogen (secondary N) is 1. The van der Waals surface area contributed by atoms with Crippen LogP contribution in [0.4, 0.5) is 17.2 Å². The van der Waals surface area contributed by atoms with Gasteiger partial charge in [0.1, 0.15) is 10.4 Å². The van der Waals surface area contributed by atoms with Crippen LogP contribution in [-0.4, -0.2) is 19.1 Å². The van der Waals surface area contributed by atoms with Crippen LogP contribution in [0, 0.1) is 0 Å². The maximum absolute atomic E-state index is 4.36. The highest BCUT2D eigenvalue weighted by Gasteiger charge is 2.04. The van der Waals surface area contributed by atoms with Crippen molar-refractivity contribution in [1.29, 1.82) is 0 Å². The number of para-hydroxylation sites is 2. The third-order valence-electron chi connectivity index (χ3n) is 2.36. The van der Waals surface area contributed by atoms with Crippen molar-refractivity contribution in [3.8, 4) is 0 Å². The van der Waals surface area contributed by atoms with E-state index >= 15 is 0 Å². The molecule has 0 aliphatic carbocycles. The molecule has 0 saturated carbocycles. The first kappa shape index (κ1) is 11.9. The fraction of sp³-hybridized carbons (Fsp3) is 0.154. The molecule has 0 fully saturated rings. The largest absolute Gasteiger partial charge is 0.376 e. The quantitative estimate of drug-likeness (QED) is 0.875. The van der Waals surface area contributed by atoms with Gasteiger partial charge < -0.3 is 10.2 Å². The second kappa shape index (κ2) is 5.19. The van der Waals surface area contributed by atoms with Gasteiger partial charge in [0.25, 0.3) is 0 Å². The van der Waals surface area contributed by atoms with Crippen LogP contribution in [0.15, 0.2) is 47.1 Å². The number of pyridine rings is 1. The summed E-state index contributed by atoms with van der Waals surface area (Å²) in [5, 5.41) is 3.31. The maximum atomic E-state index is 4.36. The summed E-state index contributed by atoms with van der Waals surface area (Å²) in [5.41, 5.74) is 2.18. The summed E-state index contributed by atoms with van der Waals surface area (Å²) in [6.07, 6.45) is 0. The first-order valence-corrected chi connectivity index (χ1v) is 6.12. The number of hydrogen-bond donors (Lipinski definition) is 1. The van der Waals surface area contributed by atoms with Gasteiger partial charge >= 0.3 is 0 Å². The zero-order valence-electron chi connectivity index (χ0n) is 9.81. The second-order valence-corrected chi connectivity index (χ2v) is 4.69. The van der Waals surface area contributed by atoms with Crippen LogP contribution in [0.3, 0.4) is 0 Å². The summed E-state index contributed by atoms with van der Waals surface area (Å²) in [7, 11) is 4.05. The molecule has 0 saturated heterocycles. The lowest BCUT2D eigenvalue weighted by molar-refractivity contribution is 1.13. The van der Waals surface area contributed by atoms with Gasteiger partial charge in [-0.1, -0.05) is 18.2 Å². The number of aromatic nitrogens is 1. The average molecular weight is 292 g/mol. The molecule has 4 heteroatoms. The molecule has 0 aliphatic heterocycles. The third-order valence-corrected chi connectivity index (χ3v) is 2.81. The van der Waals surface area contributed by atoms with E-state index in [4.69, 9.17) is 0 Å². The van der Waals surface area contributed by atoms with Crippen molar-refractivity contribution in [2.75, 3.05) is 24.3 Å². The van der Waals surface area contributed by atoms with E-state index in [2.05, 4.69) is 37.2 Å². The van der Waals surface area contributed by atoms with Crippen LogP contribution in [0.5, 0.6) is 0 Å². The zero-order chi connectivity index (χ0) is 12.3. The Morgan fingerprint density at radius 2 is 1.82 bits per heavy atom. The Kier molecular flexibility index (Phi) is 3.64. The number of benzene rings is 1. The molecule has 2 aromatic rings. The molecule has 0 bridgehead atoms. The van der Waals surface area contributed by atoms with Crippen molar-refractivity contribution in [1.82, 2.24) is 4.98 Å². The highest BCUT2D eigenvalue weighted by atomic mass is 79.9. The Bertz CT molecular complexity index is 512. The lowest BCUT2D eigenvalue weighted by Crippen LogP contribution is -2.10. The number of anilines is 3. The molecule has 0 unspecified atom stereocenters. The Morgan fingerprint density at radius 3 is 2.53 bits per heavy atom. The van der Waals surface area contributed by atoms with Crippen LogP contribution in [0.1, 0.15) is 0 Å². The summed E-state index contributed by atoms with van der Waals surface area (Å²) in [4.78, 5) is 6.43. The van der Waals surface area contributed by atoms with Gasteiger partial charge in [0.2, 0.25) is 0 Å². The van der Waals surface area contributed by atoms with E-state index in [1.165, 1.54) is 0 Å². The molecule has 0 aliphatic rings. The lowest BCUT2D eigenvalue weighted by atomic mass is 10.2. The van der Waals surface area contributed by atoms with Crippen LogP contribution in [0.2, 0.25) is 0 Å². The highest BCUT2D eigenvalue weighted by Crippen LogP contribution is 2.26. The van der Waals surface area contributed by atoms with Crippen molar-refractivity contribution in [2.45, 2.75) is 0 Å². The minimum Gasteiger partial charge on any atom is -0.376 e. The minimum atomic E-state index is 0.824. The van der Waals surface area contributed by atoms with Gasteiger partial charge in [0.05, 0.1) is 11.4 Å². The summed E-state index contributed by atoms with van der Waals surface area (Å²) < 4.78 is 0.824. The molecule has 0 radical (unpaired) electrons. The van der Waals surface area contributed by atoms with Crippen LogP contribution in [-0.2, 0) is 0 Å². The second-order valence-electron chi connectivity index (χ2n) is 3.88. The van der Waals surface area contributed by atoms with Crippen LogP contribution in [0.25, 0.3) is 0 Å². The van der Waals surface area contributed by atoms with Crippen molar-refractivity contribution in [3.63, 3.8) is 0 Å². The van der Waals surface area contributed by atoms with E-state index in [-0.39, 0.29) is 0 Å². The lowest BCUT2D eigenvalue weighted by Gasteiger charge is -2.18. The topological polar surface area (TPSA) is 28.2 Å². The average Bonchev–Trinajstić information content (AvgIpc) is 2.29. The van der Waals surface area contributed by atoms with E-state index in [9.17, 15) is 0 Å². The van der Waals surface area contributed by atoms with E-state index in [1.807, 2.05) is 50.5 Å². The maximum Gasteiger partial charge on any atom is 0.131 e. The van der Waals surface area contributed by atoms with Crippen LogP contribution < -0.4 is 10.2 Å². The van der Waals surface area contributed by atoms with Gasteiger partial charge in [0.15, 0.2) is 0 Å². The molecular formula is C13H14BrN3. The number of halogens is 1. The standard InChI is InChI=1S/C13H14BrN3/c1-17(2)11-7-4-3-6-10(11)15-13-9-5-8-12(14)16-13/h3-9H,1-2H3,(H,15,16). The Balaban J connectivity index is 2.30. The Morgan fingerprint density at radius 1 is 1.06 bits per heavy atom. The zero-order valence-corrected chi connectivity index (χ0v) is 11.4. The smallest absolute Gasteiger partial charge is 0.131 e. The molecule has 1 aromatic heterocycles. The summed E-state index contributed by atoms with van der Waals surface area (Å²) in [6.45, 7) is 0. The third kappa shape index (κ3) is 2.97. The summed E-state index contributed by atoms with van der Waals surface area (Å²) in [5.74, 6) is 0.827. The molecule has 0 amide bonds. The molecule has 17 heavy (non-hydrogen) atoms. The van der Waals surface area contributed by atoms with Crippen molar-refractivity contribution in [2.24, 2.45) is 0 Å². The van der Waals surface area contributed by atoms with Gasteiger partial charge in [-0.05, 0) is 40.2 Å². The molecule has 0 atom stereocenters. The van der Waals surface area contributed by atoms with Gasteiger partial charge in [-0.2, -0.15) is 0 Å². The molecular weight excluding hydrogens is 278 g/mol. The van der Waals surface area contributed by atoms with Crippen LogP contribution >= 0.6 is 15.9 Å². The predicted molar refractivity (Wildman–Crippen MR) is 76.0 cm³/mol. The SMILES string of the molecule is CN(C)c1ccccc1Nc1cccc(Br)n1. The first-order valence-electron chi connectivity index (χ1n) is 5.33. The van der Waals surface area contributed by atoms with Gasteiger partial charge in [-0.15, -0.1) is 0 Å². The predicted octanol–water partition coefficient (Wildman–Crippen LogP) is 3.65. The number of nitrogens with zero attached hydrogens (tertiary/aromatic N) is 2. The fourth-order valence-corrected chi connectivity index (χ4v) is 1.93. The van der Waals surface area contributed by atoms with E-state index in [1.54, 1.807) is 0 Å². The molecule has 1 heterocycles. The fourth-order valence-electron chi connectivity index (χ4n) is 1.59. The van der Waals surface area contributed by atoms with E-state index in [0.717, 1.165) is 21.8 Å². The summed E-state index contributed by atoms with van der Waals surface area (Å²) in [6, 6.07) is 13.9. The highest BCUT2D eigenvalue weighted by molar-refractivity contribution is 9.10. The van der Waals surface area contributed by atoms with E-state index < -0.39 is 0 Å². The molecule has 0 spiro atoms. The van der Waals surface area contributed by atoms with Crippen molar-refractivity contribution >= 4 is 33.1 Å². The van der Waals surface area contributed by atoms with Gasteiger partial charge in [-0.3, -0.25) is 0 Å². The molecule has 3 nitrogen and oxygen atoms in total. The first-order chi connectivity index (χ1) is 8.16. The minimum absolute atomic E-state index is 0.824. The number of rotatable bonds is 3.